The molecule has 9 heteroatoms. The molecule has 0 radical (unpaired) electrons. The molecule has 0 unspecified atom stereocenters. The van der Waals surface area contributed by atoms with E-state index in [0.29, 0.717) is 29.0 Å². The van der Waals surface area contributed by atoms with Crippen LogP contribution in [0.5, 0.6) is 0 Å². The minimum Gasteiger partial charge on any atom is -0.478 e. The lowest BCUT2D eigenvalue weighted by Gasteiger charge is -2.09. The maximum absolute atomic E-state index is 11.7. The van der Waals surface area contributed by atoms with Crippen LogP contribution in [-0.2, 0) is 13.1 Å². The molecule has 6 nitrogen and oxygen atoms in total. The molecule has 0 amide bonds. The van der Waals surface area contributed by atoms with E-state index in [-0.39, 0.29) is 21.7 Å². The monoisotopic (exact) mass is 584 g/mol. The Balaban J connectivity index is 0.000000182. The molecule has 0 saturated carbocycles. The number of rotatable bonds is 3. The lowest BCUT2D eigenvalue weighted by Crippen LogP contribution is -2.18. The molecule has 2 aromatic heterocycles. The number of carbonyl (C=O) groups is 1. The summed E-state index contributed by atoms with van der Waals surface area (Å²) < 4.78 is 4.38. The maximum Gasteiger partial charge on any atom is 0.335 e. The minimum absolute atomic E-state index is 0.0452. The summed E-state index contributed by atoms with van der Waals surface area (Å²) in [5.74, 6) is -1.02. The fourth-order valence-electron chi connectivity index (χ4n) is 3.45. The van der Waals surface area contributed by atoms with Gasteiger partial charge in [-0.15, -0.1) is 0 Å². The number of carboxylic acids is 1. The van der Waals surface area contributed by atoms with Gasteiger partial charge < -0.3 is 14.2 Å². The zero-order valence-corrected chi connectivity index (χ0v) is 20.9. The normalized spacial score (nSPS) is 10.8. The predicted molar refractivity (Wildman–Crippen MR) is 137 cm³/mol. The molecule has 0 aliphatic rings. The highest BCUT2D eigenvalue weighted by Gasteiger charge is 2.10. The van der Waals surface area contributed by atoms with Crippen LogP contribution in [-0.4, -0.2) is 20.2 Å². The van der Waals surface area contributed by atoms with Crippen molar-refractivity contribution in [3.05, 3.63) is 88.4 Å². The Bertz CT molecular complexity index is 1460. The maximum atomic E-state index is 11.7. The molecular formula is C23H19Cl2IN2O4. The Morgan fingerprint density at radius 2 is 1.31 bits per heavy atom. The highest BCUT2D eigenvalue weighted by atomic mass is 127. The van der Waals surface area contributed by atoms with E-state index in [2.05, 4.69) is 22.6 Å². The number of benzene rings is 2. The van der Waals surface area contributed by atoms with Crippen molar-refractivity contribution in [1.82, 2.24) is 9.13 Å². The van der Waals surface area contributed by atoms with Crippen molar-refractivity contribution in [3.8, 4) is 0 Å². The molecule has 166 valence electrons. The van der Waals surface area contributed by atoms with Crippen LogP contribution in [0.4, 0.5) is 0 Å². The Labute approximate surface area is 207 Å². The topological polar surface area (TPSA) is 81.3 Å². The SMILES string of the molecule is CCn1c(=O)cc(Cl)c2cc(C(=O)O)ccc21.CCn1c(=O)cc(Cl)c2cc(I)ccc21. The Kier molecular flexibility index (Phi) is 7.63. The van der Waals surface area contributed by atoms with Gasteiger partial charge in [0.15, 0.2) is 0 Å². The first-order valence-corrected chi connectivity index (χ1v) is 11.6. The zero-order chi connectivity index (χ0) is 23.6. The second kappa shape index (κ2) is 10.1. The molecule has 0 fully saturated rings. The number of fused-ring (bicyclic) bond motifs is 2. The van der Waals surface area contributed by atoms with Crippen LogP contribution in [0.1, 0.15) is 24.2 Å². The second-order valence-electron chi connectivity index (χ2n) is 6.85. The molecule has 0 aliphatic heterocycles. The summed E-state index contributed by atoms with van der Waals surface area (Å²) in [5, 5.41) is 11.2. The van der Waals surface area contributed by atoms with Gasteiger partial charge >= 0.3 is 5.97 Å². The van der Waals surface area contributed by atoms with Crippen LogP contribution in [0, 0.1) is 3.57 Å². The summed E-state index contributed by atoms with van der Waals surface area (Å²) in [6, 6.07) is 13.2. The van der Waals surface area contributed by atoms with Gasteiger partial charge in [0.05, 0.1) is 26.6 Å². The van der Waals surface area contributed by atoms with Crippen LogP contribution in [0.15, 0.2) is 58.1 Å². The molecule has 32 heavy (non-hydrogen) atoms. The third-order valence-electron chi connectivity index (χ3n) is 4.96. The lowest BCUT2D eigenvalue weighted by atomic mass is 10.1. The zero-order valence-electron chi connectivity index (χ0n) is 17.2. The largest absolute Gasteiger partial charge is 0.478 e. The molecule has 0 atom stereocenters. The van der Waals surface area contributed by atoms with Crippen LogP contribution < -0.4 is 11.1 Å². The highest BCUT2D eigenvalue weighted by Crippen LogP contribution is 2.24. The van der Waals surface area contributed by atoms with Crippen LogP contribution >= 0.6 is 45.8 Å². The van der Waals surface area contributed by atoms with E-state index in [1.807, 2.05) is 32.0 Å². The van der Waals surface area contributed by atoms with Crippen molar-refractivity contribution in [2.45, 2.75) is 26.9 Å². The molecule has 0 saturated heterocycles. The molecule has 2 heterocycles. The van der Waals surface area contributed by atoms with Gasteiger partial charge in [-0.1, -0.05) is 23.2 Å². The van der Waals surface area contributed by atoms with Gasteiger partial charge in [0.2, 0.25) is 0 Å². The number of pyridine rings is 2. The lowest BCUT2D eigenvalue weighted by molar-refractivity contribution is 0.0697. The number of nitrogens with zero attached hydrogens (tertiary/aromatic N) is 2. The fraction of sp³-hybridized carbons (Fsp3) is 0.174. The highest BCUT2D eigenvalue weighted by molar-refractivity contribution is 14.1. The first-order chi connectivity index (χ1) is 15.2. The standard InChI is InChI=1S/C12H10ClNO3.C11H9ClINO/c1-2-14-10-4-3-7(12(16)17)5-8(10)9(13)6-11(14)15;1-2-14-10-4-3-7(13)5-8(10)9(12)6-11(14)15/h3-6H,2H2,1H3,(H,16,17);3-6H,2H2,1H3. The quantitative estimate of drug-likeness (QED) is 0.315. The average Bonchev–Trinajstić information content (AvgIpc) is 2.75. The van der Waals surface area contributed by atoms with Crippen molar-refractivity contribution in [3.63, 3.8) is 0 Å². The van der Waals surface area contributed by atoms with E-state index < -0.39 is 5.97 Å². The number of aromatic nitrogens is 2. The van der Waals surface area contributed by atoms with Gasteiger partial charge in [0.25, 0.3) is 11.1 Å². The van der Waals surface area contributed by atoms with Gasteiger partial charge in [-0.3, -0.25) is 9.59 Å². The van der Waals surface area contributed by atoms with Crippen molar-refractivity contribution >= 4 is 73.6 Å². The molecule has 4 aromatic rings. The van der Waals surface area contributed by atoms with Crippen molar-refractivity contribution < 1.29 is 9.90 Å². The number of carboxylic acid groups (broad SMARTS) is 1. The smallest absolute Gasteiger partial charge is 0.335 e. The fourth-order valence-corrected chi connectivity index (χ4v) is 4.43. The van der Waals surface area contributed by atoms with E-state index in [1.54, 1.807) is 15.2 Å². The minimum atomic E-state index is -1.02. The van der Waals surface area contributed by atoms with Gasteiger partial charge in [0.1, 0.15) is 0 Å². The summed E-state index contributed by atoms with van der Waals surface area (Å²) in [4.78, 5) is 34.2. The van der Waals surface area contributed by atoms with E-state index in [4.69, 9.17) is 28.3 Å². The number of hydrogen-bond donors (Lipinski definition) is 1. The summed E-state index contributed by atoms with van der Waals surface area (Å²) in [6.45, 7) is 4.97. The number of aromatic carboxylic acids is 1. The van der Waals surface area contributed by atoms with Crippen LogP contribution in [0.2, 0.25) is 10.0 Å². The Hall–Kier alpha value is -2.36. The summed E-state index contributed by atoms with van der Waals surface area (Å²) in [5.41, 5.74) is 1.47. The van der Waals surface area contributed by atoms with E-state index in [1.165, 1.54) is 24.3 Å². The third kappa shape index (κ3) is 4.84. The predicted octanol–water partition coefficient (Wildman–Crippen LogP) is 5.65. The Morgan fingerprint density at radius 3 is 1.78 bits per heavy atom. The molecule has 0 bridgehead atoms. The summed E-state index contributed by atoms with van der Waals surface area (Å²) >= 11 is 14.2. The molecule has 2 aromatic carbocycles. The van der Waals surface area contributed by atoms with Gasteiger partial charge in [-0.05, 0) is 72.8 Å². The molecule has 0 spiro atoms. The molecule has 0 aliphatic carbocycles. The third-order valence-corrected chi connectivity index (χ3v) is 6.26. The van der Waals surface area contributed by atoms with Crippen LogP contribution in [0.25, 0.3) is 21.8 Å². The molecule has 4 rings (SSSR count). The van der Waals surface area contributed by atoms with Crippen molar-refractivity contribution in [1.29, 1.82) is 0 Å². The van der Waals surface area contributed by atoms with Crippen LogP contribution in [0.3, 0.4) is 0 Å². The number of hydrogen-bond acceptors (Lipinski definition) is 3. The van der Waals surface area contributed by atoms with E-state index in [9.17, 15) is 14.4 Å². The number of halogens is 3. The van der Waals surface area contributed by atoms with Gasteiger partial charge in [-0.25, -0.2) is 4.79 Å². The van der Waals surface area contributed by atoms with Gasteiger partial charge in [-0.2, -0.15) is 0 Å². The first-order valence-electron chi connectivity index (χ1n) is 9.72. The summed E-state index contributed by atoms with van der Waals surface area (Å²) in [7, 11) is 0. The summed E-state index contributed by atoms with van der Waals surface area (Å²) in [6.07, 6.45) is 0. The second-order valence-corrected chi connectivity index (χ2v) is 8.91. The van der Waals surface area contributed by atoms with Crippen molar-refractivity contribution in [2.75, 3.05) is 0 Å². The first kappa shape index (κ1) is 24.3. The Morgan fingerprint density at radius 1 is 0.844 bits per heavy atom. The van der Waals surface area contributed by atoms with E-state index in [0.717, 1.165) is 14.5 Å². The number of aryl methyl sites for hydroxylation is 2. The molecular weight excluding hydrogens is 566 g/mol. The molecule has 1 N–H and O–H groups in total. The average molecular weight is 585 g/mol. The van der Waals surface area contributed by atoms with E-state index >= 15 is 0 Å². The van der Waals surface area contributed by atoms with Crippen molar-refractivity contribution in [2.24, 2.45) is 0 Å². The van der Waals surface area contributed by atoms with Gasteiger partial charge in [0, 0.05) is 39.6 Å².